The van der Waals surface area contributed by atoms with Gasteiger partial charge in [0.2, 0.25) is 0 Å². The molecular weight excluding hydrogens is 282 g/mol. The second kappa shape index (κ2) is 6.39. The van der Waals surface area contributed by atoms with E-state index < -0.39 is 0 Å². The molecule has 2 atom stereocenters. The van der Waals surface area contributed by atoms with Crippen LogP contribution >= 0.6 is 0 Å². The van der Waals surface area contributed by atoms with Gasteiger partial charge in [-0.1, -0.05) is 56.4 Å². The van der Waals surface area contributed by atoms with Gasteiger partial charge < -0.3 is 0 Å². The summed E-state index contributed by atoms with van der Waals surface area (Å²) in [5.41, 5.74) is 2.84. The number of carbonyl (C=O) groups excluding carboxylic acids is 1. The van der Waals surface area contributed by atoms with Crippen molar-refractivity contribution in [1.29, 1.82) is 0 Å². The molecular formula is C21H29NO. The normalized spacial score (nSPS) is 27.9. The molecule has 2 aliphatic carbocycles. The molecule has 1 spiro atoms. The van der Waals surface area contributed by atoms with Crippen LogP contribution in [0.1, 0.15) is 79.6 Å². The number of benzene rings is 1. The molecule has 3 fully saturated rings. The van der Waals surface area contributed by atoms with Gasteiger partial charge in [0, 0.05) is 24.2 Å². The molecule has 1 unspecified atom stereocenters. The van der Waals surface area contributed by atoms with Crippen molar-refractivity contribution in [2.45, 2.75) is 69.2 Å². The first-order chi connectivity index (χ1) is 11.3. The Balaban J connectivity index is 1.50. The average molecular weight is 311 g/mol. The van der Waals surface area contributed by atoms with Gasteiger partial charge in [-0.25, -0.2) is 0 Å². The van der Waals surface area contributed by atoms with Crippen LogP contribution in [0, 0.1) is 5.92 Å². The molecule has 0 amide bonds. The number of aldehydes is 1. The third-order valence-electron chi connectivity index (χ3n) is 6.72. The molecule has 124 valence electrons. The molecule has 1 aromatic carbocycles. The molecule has 1 heterocycles. The van der Waals surface area contributed by atoms with Crippen molar-refractivity contribution in [3.8, 4) is 0 Å². The van der Waals surface area contributed by atoms with Crippen LogP contribution in [0.25, 0.3) is 0 Å². The van der Waals surface area contributed by atoms with E-state index in [4.69, 9.17) is 0 Å². The molecule has 4 rings (SSSR count). The lowest BCUT2D eigenvalue weighted by atomic mass is 9.83. The topological polar surface area (TPSA) is 20.1 Å². The minimum atomic E-state index is 0.581. The van der Waals surface area contributed by atoms with Gasteiger partial charge in [0.15, 0.2) is 0 Å². The molecule has 0 N–H and O–H groups in total. The number of carbonyl (C=O) groups is 1. The number of hydrogen-bond acceptors (Lipinski definition) is 2. The first-order valence-corrected chi connectivity index (χ1v) is 9.61. The highest BCUT2D eigenvalue weighted by Crippen LogP contribution is 2.48. The first kappa shape index (κ1) is 15.4. The van der Waals surface area contributed by atoms with Gasteiger partial charge in [-0.15, -0.1) is 0 Å². The van der Waals surface area contributed by atoms with Gasteiger partial charge in [-0.05, 0) is 43.1 Å². The van der Waals surface area contributed by atoms with Crippen LogP contribution in [0.5, 0.6) is 0 Å². The van der Waals surface area contributed by atoms with E-state index in [2.05, 4.69) is 17.0 Å². The lowest BCUT2D eigenvalue weighted by Crippen LogP contribution is -2.27. The van der Waals surface area contributed by atoms with Gasteiger partial charge in [0.05, 0.1) is 0 Å². The lowest BCUT2D eigenvalue weighted by Gasteiger charge is -2.28. The van der Waals surface area contributed by atoms with Gasteiger partial charge in [0.25, 0.3) is 0 Å². The third-order valence-corrected chi connectivity index (χ3v) is 6.72. The van der Waals surface area contributed by atoms with Crippen LogP contribution in [0.2, 0.25) is 0 Å². The molecule has 23 heavy (non-hydrogen) atoms. The zero-order chi connectivity index (χ0) is 15.7. The van der Waals surface area contributed by atoms with Crippen molar-refractivity contribution in [3.05, 3.63) is 35.4 Å². The summed E-state index contributed by atoms with van der Waals surface area (Å²) in [7, 11) is 0. The highest BCUT2D eigenvalue weighted by molar-refractivity contribution is 5.74. The fourth-order valence-corrected chi connectivity index (χ4v) is 5.21. The van der Waals surface area contributed by atoms with Crippen molar-refractivity contribution in [3.63, 3.8) is 0 Å². The van der Waals surface area contributed by atoms with E-state index in [1.807, 2.05) is 12.1 Å². The average Bonchev–Trinajstić information content (AvgIpc) is 3.02. The van der Waals surface area contributed by atoms with E-state index in [-0.39, 0.29) is 0 Å². The highest BCUT2D eigenvalue weighted by Gasteiger charge is 2.52. The number of hydrogen-bond donors (Lipinski definition) is 0. The van der Waals surface area contributed by atoms with E-state index in [1.54, 1.807) is 0 Å². The Hall–Kier alpha value is -1.15. The van der Waals surface area contributed by atoms with Crippen LogP contribution in [0.3, 0.4) is 0 Å². The quantitative estimate of drug-likeness (QED) is 0.575. The van der Waals surface area contributed by atoms with Crippen LogP contribution in [0.4, 0.5) is 0 Å². The van der Waals surface area contributed by atoms with E-state index in [1.165, 1.54) is 76.4 Å². The second-order valence-corrected chi connectivity index (χ2v) is 8.10. The van der Waals surface area contributed by atoms with Crippen LogP contribution < -0.4 is 0 Å². The maximum absolute atomic E-state index is 10.9. The summed E-state index contributed by atoms with van der Waals surface area (Å²) < 4.78 is 0. The molecule has 1 aromatic rings. The molecule has 2 saturated carbocycles. The Morgan fingerprint density at radius 2 is 1.74 bits per heavy atom. The molecule has 2 nitrogen and oxygen atoms in total. The smallest absolute Gasteiger partial charge is 0.150 e. The second-order valence-electron chi connectivity index (χ2n) is 8.10. The Morgan fingerprint density at radius 3 is 2.39 bits per heavy atom. The van der Waals surface area contributed by atoms with E-state index in [0.717, 1.165) is 17.8 Å². The molecule has 0 bridgehead atoms. The van der Waals surface area contributed by atoms with Gasteiger partial charge in [-0.2, -0.15) is 0 Å². The predicted molar refractivity (Wildman–Crippen MR) is 93.9 cm³/mol. The van der Waals surface area contributed by atoms with Gasteiger partial charge >= 0.3 is 0 Å². The Bertz CT molecular complexity index is 537. The number of rotatable bonds is 5. The number of nitrogens with zero attached hydrogens (tertiary/aromatic N) is 1. The molecule has 0 aromatic heterocycles. The molecule has 3 aliphatic rings. The van der Waals surface area contributed by atoms with Gasteiger partial charge in [0.1, 0.15) is 6.29 Å². The van der Waals surface area contributed by atoms with E-state index >= 15 is 0 Å². The molecule has 1 aliphatic heterocycles. The van der Waals surface area contributed by atoms with Crippen LogP contribution in [-0.2, 0) is 0 Å². The minimum Gasteiger partial charge on any atom is -0.298 e. The van der Waals surface area contributed by atoms with Crippen LogP contribution in [-0.4, -0.2) is 29.8 Å². The molecule has 2 heteroatoms. The summed E-state index contributed by atoms with van der Waals surface area (Å²) >= 11 is 0. The molecule has 1 saturated heterocycles. The summed E-state index contributed by atoms with van der Waals surface area (Å²) in [6, 6.07) is 8.43. The lowest BCUT2D eigenvalue weighted by molar-refractivity contribution is 0.112. The fraction of sp³-hybridized carbons (Fsp3) is 0.667. The van der Waals surface area contributed by atoms with Crippen molar-refractivity contribution < 1.29 is 4.79 Å². The summed E-state index contributed by atoms with van der Waals surface area (Å²) in [5.74, 6) is 1.51. The highest BCUT2D eigenvalue weighted by atomic mass is 16.1. The minimum absolute atomic E-state index is 0.581. The maximum atomic E-state index is 10.9. The van der Waals surface area contributed by atoms with E-state index in [9.17, 15) is 4.79 Å². The summed E-state index contributed by atoms with van der Waals surface area (Å²) in [6.45, 7) is 2.58. The summed E-state index contributed by atoms with van der Waals surface area (Å²) in [5, 5.41) is 0. The summed E-state index contributed by atoms with van der Waals surface area (Å²) in [4.78, 5) is 13.7. The fourth-order valence-electron chi connectivity index (χ4n) is 5.21. The van der Waals surface area contributed by atoms with Gasteiger partial charge in [-0.3, -0.25) is 9.69 Å². The SMILES string of the molecule is O=Cc1ccc([C@H](CN2CC23CCCCC3)C2CCCC2)cc1. The molecule has 0 radical (unpaired) electrons. The standard InChI is InChI=1S/C21H29NO/c23-15-17-8-10-19(11-9-17)20(18-6-2-3-7-18)14-22-16-21(22)12-4-1-5-13-21/h8-11,15,18,20H,1-7,12-14,16H2/t20-,22?/m1/s1. The third kappa shape index (κ3) is 3.10. The predicted octanol–water partition coefficient (Wildman–Crippen LogP) is 4.79. The van der Waals surface area contributed by atoms with Crippen LogP contribution in [0.15, 0.2) is 24.3 Å². The Morgan fingerprint density at radius 1 is 1.04 bits per heavy atom. The van der Waals surface area contributed by atoms with Crippen molar-refractivity contribution in [1.82, 2.24) is 4.90 Å². The largest absolute Gasteiger partial charge is 0.298 e. The summed E-state index contributed by atoms with van der Waals surface area (Å²) in [6.07, 6.45) is 13.7. The van der Waals surface area contributed by atoms with Crippen molar-refractivity contribution >= 4 is 6.29 Å². The van der Waals surface area contributed by atoms with Crippen molar-refractivity contribution in [2.24, 2.45) is 5.92 Å². The van der Waals surface area contributed by atoms with E-state index in [0.29, 0.717) is 11.5 Å². The Labute approximate surface area is 140 Å². The monoisotopic (exact) mass is 311 g/mol. The maximum Gasteiger partial charge on any atom is 0.150 e. The zero-order valence-corrected chi connectivity index (χ0v) is 14.2. The Kier molecular flexibility index (Phi) is 4.27. The zero-order valence-electron chi connectivity index (χ0n) is 14.2. The van der Waals surface area contributed by atoms with Crippen molar-refractivity contribution in [2.75, 3.05) is 13.1 Å². The first-order valence-electron chi connectivity index (χ1n) is 9.61.